The van der Waals surface area contributed by atoms with E-state index in [1.165, 1.54) is 0 Å². The summed E-state index contributed by atoms with van der Waals surface area (Å²) in [5.74, 6) is -1.60. The van der Waals surface area contributed by atoms with Gasteiger partial charge in [0.1, 0.15) is 6.04 Å². The SMILES string of the molecule is O=C(NC(CCO)C(=O)O)c1cc(I)cc(I)c1I. The van der Waals surface area contributed by atoms with Gasteiger partial charge in [0, 0.05) is 23.7 Å². The minimum Gasteiger partial charge on any atom is -0.480 e. The molecule has 0 saturated carbocycles. The monoisotopic (exact) mass is 601 g/mol. The van der Waals surface area contributed by atoms with E-state index in [9.17, 15) is 9.59 Å². The molecule has 1 aromatic carbocycles. The van der Waals surface area contributed by atoms with Gasteiger partial charge < -0.3 is 15.5 Å². The predicted molar refractivity (Wildman–Crippen MR) is 95.2 cm³/mol. The van der Waals surface area contributed by atoms with E-state index in [1.807, 2.05) is 6.07 Å². The lowest BCUT2D eigenvalue weighted by atomic mass is 10.1. The average molecular weight is 601 g/mol. The highest BCUT2D eigenvalue weighted by Crippen LogP contribution is 2.22. The van der Waals surface area contributed by atoms with Gasteiger partial charge in [-0.3, -0.25) is 4.79 Å². The minimum absolute atomic E-state index is 0.0152. The lowest BCUT2D eigenvalue weighted by molar-refractivity contribution is -0.139. The van der Waals surface area contributed by atoms with Gasteiger partial charge in [-0.25, -0.2) is 4.79 Å². The molecule has 1 unspecified atom stereocenters. The van der Waals surface area contributed by atoms with E-state index in [2.05, 4.69) is 73.1 Å². The molecule has 1 rings (SSSR count). The molecule has 5 nitrogen and oxygen atoms in total. The van der Waals surface area contributed by atoms with Crippen molar-refractivity contribution in [3.63, 3.8) is 0 Å². The normalized spacial score (nSPS) is 12.0. The second-order valence-corrected chi connectivity index (χ2v) is 7.11. The Morgan fingerprint density at radius 2 is 1.89 bits per heavy atom. The third-order valence-electron chi connectivity index (χ3n) is 2.26. The summed E-state index contributed by atoms with van der Waals surface area (Å²) in [7, 11) is 0. The van der Waals surface area contributed by atoms with E-state index >= 15 is 0 Å². The van der Waals surface area contributed by atoms with Crippen molar-refractivity contribution in [1.29, 1.82) is 0 Å². The number of aliphatic carboxylic acids is 1. The first-order valence-electron chi connectivity index (χ1n) is 5.16. The topological polar surface area (TPSA) is 86.6 Å². The quantitative estimate of drug-likeness (QED) is 0.357. The van der Waals surface area contributed by atoms with Crippen LogP contribution in [0, 0.1) is 10.7 Å². The zero-order valence-electron chi connectivity index (χ0n) is 9.49. The lowest BCUT2D eigenvalue weighted by Gasteiger charge is -2.14. The van der Waals surface area contributed by atoms with Gasteiger partial charge in [0.05, 0.1) is 5.56 Å². The molecule has 0 radical (unpaired) electrons. The molecule has 0 bridgehead atoms. The summed E-state index contributed by atoms with van der Waals surface area (Å²) in [6.07, 6.45) is -0.0152. The second kappa shape index (κ2) is 7.93. The average Bonchev–Trinajstić information content (AvgIpc) is 2.32. The fourth-order valence-electron chi connectivity index (χ4n) is 1.34. The van der Waals surface area contributed by atoms with Crippen molar-refractivity contribution in [1.82, 2.24) is 5.32 Å². The number of nitrogens with one attached hydrogen (secondary N) is 1. The standard InChI is InChI=1S/C11H10I3NO4/c12-5-3-6(9(14)7(13)4-5)10(17)15-8(1-2-16)11(18)19/h3-4,8,16H,1-2H2,(H,15,17)(H,18,19). The van der Waals surface area contributed by atoms with Crippen LogP contribution < -0.4 is 5.32 Å². The molecule has 0 saturated heterocycles. The number of halogens is 3. The van der Waals surface area contributed by atoms with Gasteiger partial charge in [0.15, 0.2) is 0 Å². The first kappa shape index (κ1) is 17.4. The number of carbonyl (C=O) groups excluding carboxylic acids is 1. The zero-order chi connectivity index (χ0) is 14.6. The Labute approximate surface area is 151 Å². The summed E-state index contributed by atoms with van der Waals surface area (Å²) in [6, 6.07) is 2.56. The van der Waals surface area contributed by atoms with Crippen LogP contribution >= 0.6 is 67.8 Å². The summed E-state index contributed by atoms with van der Waals surface area (Å²) in [4.78, 5) is 23.0. The van der Waals surface area contributed by atoms with Gasteiger partial charge in [-0.15, -0.1) is 0 Å². The number of benzene rings is 1. The Hall–Kier alpha value is 0.310. The molecule has 0 spiro atoms. The Kier molecular flexibility index (Phi) is 7.24. The smallest absolute Gasteiger partial charge is 0.326 e. The summed E-state index contributed by atoms with van der Waals surface area (Å²) in [5, 5.41) is 20.2. The highest BCUT2D eigenvalue weighted by atomic mass is 127. The number of amides is 1. The van der Waals surface area contributed by atoms with Crippen LogP contribution in [0.25, 0.3) is 0 Å². The van der Waals surface area contributed by atoms with Crippen molar-refractivity contribution in [2.75, 3.05) is 6.61 Å². The molecule has 8 heteroatoms. The van der Waals surface area contributed by atoms with Gasteiger partial charge >= 0.3 is 5.97 Å². The Balaban J connectivity index is 2.97. The summed E-state index contributed by atoms with van der Waals surface area (Å²) >= 11 is 6.28. The van der Waals surface area contributed by atoms with Crippen molar-refractivity contribution in [2.24, 2.45) is 0 Å². The minimum atomic E-state index is -1.15. The van der Waals surface area contributed by atoms with Crippen LogP contribution in [0.5, 0.6) is 0 Å². The number of hydrogen-bond acceptors (Lipinski definition) is 3. The Bertz CT molecular complexity index is 507. The number of aliphatic hydroxyl groups is 1. The van der Waals surface area contributed by atoms with E-state index in [-0.39, 0.29) is 13.0 Å². The van der Waals surface area contributed by atoms with Crippen LogP contribution in [0.2, 0.25) is 0 Å². The van der Waals surface area contributed by atoms with Gasteiger partial charge in [0.25, 0.3) is 5.91 Å². The van der Waals surface area contributed by atoms with E-state index in [4.69, 9.17) is 10.2 Å². The summed E-state index contributed by atoms with van der Waals surface area (Å²) in [6.45, 7) is -0.293. The number of carboxylic acids is 1. The van der Waals surface area contributed by atoms with Crippen LogP contribution in [0.3, 0.4) is 0 Å². The molecule has 0 fully saturated rings. The van der Waals surface area contributed by atoms with Crippen molar-refractivity contribution in [3.8, 4) is 0 Å². The number of carbonyl (C=O) groups is 2. The number of hydrogen-bond donors (Lipinski definition) is 3. The Morgan fingerprint density at radius 3 is 2.42 bits per heavy atom. The van der Waals surface area contributed by atoms with E-state index < -0.39 is 17.9 Å². The molecule has 1 amide bonds. The number of aliphatic hydroxyl groups excluding tert-OH is 1. The molecule has 0 aromatic heterocycles. The van der Waals surface area contributed by atoms with Crippen LogP contribution in [0.1, 0.15) is 16.8 Å². The third kappa shape index (κ3) is 4.97. The van der Waals surface area contributed by atoms with Crippen molar-refractivity contribution in [3.05, 3.63) is 28.4 Å². The maximum atomic E-state index is 12.1. The predicted octanol–water partition coefficient (Wildman–Crippen LogP) is 2.07. The maximum Gasteiger partial charge on any atom is 0.326 e. The summed E-state index contributed by atoms with van der Waals surface area (Å²) < 4.78 is 2.62. The van der Waals surface area contributed by atoms with Crippen LogP contribution in [-0.2, 0) is 4.79 Å². The highest BCUT2D eigenvalue weighted by molar-refractivity contribution is 14.1. The molecule has 3 N–H and O–H groups in total. The highest BCUT2D eigenvalue weighted by Gasteiger charge is 2.22. The van der Waals surface area contributed by atoms with E-state index in [1.54, 1.807) is 6.07 Å². The summed E-state index contributed by atoms with van der Waals surface area (Å²) in [5.41, 5.74) is 0.445. The molecule has 1 atom stereocenters. The van der Waals surface area contributed by atoms with Gasteiger partial charge in [0.2, 0.25) is 0 Å². The van der Waals surface area contributed by atoms with Crippen LogP contribution in [0.15, 0.2) is 12.1 Å². The van der Waals surface area contributed by atoms with Gasteiger partial charge in [-0.05, 0) is 79.9 Å². The molecular weight excluding hydrogens is 591 g/mol. The number of rotatable bonds is 5. The molecule has 0 aliphatic rings. The molecule has 0 aliphatic carbocycles. The zero-order valence-corrected chi connectivity index (χ0v) is 16.0. The first-order valence-corrected chi connectivity index (χ1v) is 8.39. The van der Waals surface area contributed by atoms with Crippen LogP contribution in [0.4, 0.5) is 0 Å². The molecule has 104 valence electrons. The van der Waals surface area contributed by atoms with Crippen molar-refractivity contribution >= 4 is 79.6 Å². The third-order valence-corrected chi connectivity index (χ3v) is 5.93. The Morgan fingerprint density at radius 1 is 1.26 bits per heavy atom. The second-order valence-electron chi connectivity index (χ2n) is 3.63. The fraction of sp³-hybridized carbons (Fsp3) is 0.273. The first-order chi connectivity index (χ1) is 8.86. The van der Waals surface area contributed by atoms with Crippen LogP contribution in [-0.4, -0.2) is 34.7 Å². The van der Waals surface area contributed by atoms with Crippen molar-refractivity contribution in [2.45, 2.75) is 12.5 Å². The molecule has 0 aliphatic heterocycles. The van der Waals surface area contributed by atoms with Crippen molar-refractivity contribution < 1.29 is 19.8 Å². The van der Waals surface area contributed by atoms with Gasteiger partial charge in [-0.1, -0.05) is 0 Å². The fourth-order valence-corrected chi connectivity index (χ4v) is 3.74. The number of carboxylic acid groups (broad SMARTS) is 1. The van der Waals surface area contributed by atoms with Gasteiger partial charge in [-0.2, -0.15) is 0 Å². The molecule has 1 aromatic rings. The molecule has 19 heavy (non-hydrogen) atoms. The largest absolute Gasteiger partial charge is 0.480 e. The maximum absolute atomic E-state index is 12.1. The molecule has 0 heterocycles. The lowest BCUT2D eigenvalue weighted by Crippen LogP contribution is -2.41. The van der Waals surface area contributed by atoms with E-state index in [0.717, 1.165) is 10.7 Å². The molecular formula is C11H10I3NO4. The van der Waals surface area contributed by atoms with E-state index in [0.29, 0.717) is 5.56 Å².